The lowest BCUT2D eigenvalue weighted by atomic mass is 10.2. The zero-order chi connectivity index (χ0) is 19.0. The van der Waals surface area contributed by atoms with Crippen LogP contribution in [0.1, 0.15) is 24.2 Å². The summed E-state index contributed by atoms with van der Waals surface area (Å²) < 4.78 is 19.7. The van der Waals surface area contributed by atoms with E-state index in [4.69, 9.17) is 4.74 Å². The number of rotatable bonds is 5. The molecule has 4 rings (SSSR count). The summed E-state index contributed by atoms with van der Waals surface area (Å²) >= 11 is 3.21. The van der Waals surface area contributed by atoms with Crippen molar-refractivity contribution < 1.29 is 13.9 Å². The third-order valence-electron chi connectivity index (χ3n) is 4.19. The molecule has 0 spiro atoms. The number of aromatic nitrogens is 1. The molecule has 1 fully saturated rings. The molecule has 27 heavy (non-hydrogen) atoms. The van der Waals surface area contributed by atoms with Crippen molar-refractivity contribution in [1.29, 1.82) is 0 Å². The van der Waals surface area contributed by atoms with Crippen LogP contribution in [-0.2, 0) is 4.74 Å². The number of halogens is 1. The second kappa shape index (κ2) is 7.48. The Morgan fingerprint density at radius 2 is 2.00 bits per heavy atom. The fraction of sp³-hybridized carbons (Fsp3) is 0.300. The van der Waals surface area contributed by atoms with E-state index in [2.05, 4.69) is 18.8 Å². The molecule has 140 valence electrons. The summed E-state index contributed by atoms with van der Waals surface area (Å²) in [6.07, 6.45) is -0.147. The first-order valence-electron chi connectivity index (χ1n) is 8.76. The summed E-state index contributed by atoms with van der Waals surface area (Å²) in [5.41, 5.74) is 1.35. The average molecular weight is 403 g/mol. The maximum Gasteiger partial charge on any atom is 0.338 e. The number of carbonyl (C=O) groups is 1. The van der Waals surface area contributed by atoms with Gasteiger partial charge in [0, 0.05) is 10.1 Å². The molecule has 0 aliphatic carbocycles. The third kappa shape index (κ3) is 4.09. The van der Waals surface area contributed by atoms with Crippen LogP contribution >= 0.6 is 23.1 Å². The van der Waals surface area contributed by atoms with Crippen molar-refractivity contribution >= 4 is 44.4 Å². The molecule has 0 radical (unpaired) electrons. The van der Waals surface area contributed by atoms with Gasteiger partial charge in [0.25, 0.3) is 0 Å². The smallest absolute Gasteiger partial charge is 0.338 e. The Balaban J connectivity index is 1.33. The van der Waals surface area contributed by atoms with E-state index in [1.54, 1.807) is 17.8 Å². The zero-order valence-electron chi connectivity index (χ0n) is 15.0. The molecule has 0 saturated carbocycles. The highest BCUT2D eigenvalue weighted by atomic mass is 32.2. The molecule has 1 aliphatic rings. The van der Waals surface area contributed by atoms with Crippen molar-refractivity contribution in [1.82, 2.24) is 4.98 Å². The first-order valence-corrected chi connectivity index (χ1v) is 10.5. The van der Waals surface area contributed by atoms with Crippen LogP contribution in [0.25, 0.3) is 10.2 Å². The van der Waals surface area contributed by atoms with Gasteiger partial charge in [0.05, 0.1) is 28.9 Å². The summed E-state index contributed by atoms with van der Waals surface area (Å²) in [5, 5.41) is 1.33. The lowest BCUT2D eigenvalue weighted by Gasteiger charge is -2.38. The fourth-order valence-electron chi connectivity index (χ4n) is 2.85. The van der Waals surface area contributed by atoms with Gasteiger partial charge in [0.15, 0.2) is 5.13 Å². The van der Waals surface area contributed by atoms with E-state index in [1.165, 1.54) is 23.5 Å². The molecular formula is C20H19FN2O2S2. The monoisotopic (exact) mass is 402 g/mol. The Bertz CT molecular complexity index is 966. The summed E-state index contributed by atoms with van der Waals surface area (Å²) in [5.74, 6) is -0.557. The second-order valence-corrected chi connectivity index (χ2v) is 9.39. The summed E-state index contributed by atoms with van der Waals surface area (Å²) in [6, 6.07) is 12.1. The highest BCUT2D eigenvalue weighted by molar-refractivity contribution is 7.99. The van der Waals surface area contributed by atoms with Gasteiger partial charge in [-0.2, -0.15) is 0 Å². The Morgan fingerprint density at radius 1 is 1.26 bits per heavy atom. The minimum atomic E-state index is -0.299. The minimum Gasteiger partial charge on any atom is -0.455 e. The molecule has 7 heteroatoms. The van der Waals surface area contributed by atoms with E-state index in [-0.39, 0.29) is 17.9 Å². The molecule has 4 nitrogen and oxygen atoms in total. The SMILES string of the molecule is CC(C)Sc1ccc(C(=O)OC2CN(c3nc4ccc(F)cc4s3)C2)cc1. The van der Waals surface area contributed by atoms with Crippen molar-refractivity contribution in [3.8, 4) is 0 Å². The molecule has 0 atom stereocenters. The number of ether oxygens (including phenoxy) is 1. The number of thioether (sulfide) groups is 1. The highest BCUT2D eigenvalue weighted by Gasteiger charge is 2.32. The van der Waals surface area contributed by atoms with Crippen LogP contribution in [0.5, 0.6) is 0 Å². The van der Waals surface area contributed by atoms with Crippen molar-refractivity contribution in [3.05, 3.63) is 53.8 Å². The number of thiazole rings is 1. The summed E-state index contributed by atoms with van der Waals surface area (Å²) in [4.78, 5) is 20.0. The Labute approximate surface area is 165 Å². The van der Waals surface area contributed by atoms with Crippen molar-refractivity contribution in [2.75, 3.05) is 18.0 Å². The molecule has 3 aromatic rings. The molecule has 0 unspecified atom stereocenters. The molecule has 2 heterocycles. The van der Waals surface area contributed by atoms with Crippen LogP contribution in [-0.4, -0.2) is 35.4 Å². The van der Waals surface area contributed by atoms with Crippen LogP contribution in [0, 0.1) is 5.82 Å². The summed E-state index contributed by atoms with van der Waals surface area (Å²) in [7, 11) is 0. The molecular weight excluding hydrogens is 383 g/mol. The number of carbonyl (C=O) groups excluding carboxylic acids is 1. The first kappa shape index (κ1) is 18.3. The number of hydrogen-bond acceptors (Lipinski definition) is 6. The molecule has 2 aromatic carbocycles. The van der Waals surface area contributed by atoms with Gasteiger partial charge in [-0.05, 0) is 42.5 Å². The van der Waals surface area contributed by atoms with Gasteiger partial charge in [0.2, 0.25) is 0 Å². The van der Waals surface area contributed by atoms with Crippen LogP contribution in [0.15, 0.2) is 47.4 Å². The van der Waals surface area contributed by atoms with E-state index < -0.39 is 0 Å². The van der Waals surface area contributed by atoms with E-state index in [1.807, 2.05) is 29.2 Å². The molecule has 0 amide bonds. The molecule has 1 aliphatic heterocycles. The first-order chi connectivity index (χ1) is 13.0. The summed E-state index contributed by atoms with van der Waals surface area (Å²) in [6.45, 7) is 5.49. The number of esters is 1. The van der Waals surface area contributed by atoms with Crippen molar-refractivity contribution in [2.45, 2.75) is 30.1 Å². The normalized spacial score (nSPS) is 14.6. The van der Waals surface area contributed by atoms with Gasteiger partial charge in [-0.1, -0.05) is 25.2 Å². The lowest BCUT2D eigenvalue weighted by Crippen LogP contribution is -2.53. The highest BCUT2D eigenvalue weighted by Crippen LogP contribution is 2.32. The standard InChI is InChI=1S/C20H19FN2O2S2/c1-12(2)26-16-6-3-13(4-7-16)19(24)25-15-10-23(11-15)20-22-17-8-5-14(21)9-18(17)27-20/h3-9,12,15H,10-11H2,1-2H3. The van der Waals surface area contributed by atoms with Crippen LogP contribution < -0.4 is 4.90 Å². The molecule has 0 N–H and O–H groups in total. The predicted octanol–water partition coefficient (Wildman–Crippen LogP) is 4.98. The van der Waals surface area contributed by atoms with E-state index >= 15 is 0 Å². The van der Waals surface area contributed by atoms with E-state index in [9.17, 15) is 9.18 Å². The van der Waals surface area contributed by atoms with Crippen molar-refractivity contribution in [2.24, 2.45) is 0 Å². The van der Waals surface area contributed by atoms with Crippen molar-refractivity contribution in [3.63, 3.8) is 0 Å². The van der Waals surface area contributed by atoms with Crippen LogP contribution in [0.2, 0.25) is 0 Å². The topological polar surface area (TPSA) is 42.4 Å². The van der Waals surface area contributed by atoms with Crippen LogP contribution in [0.4, 0.5) is 9.52 Å². The Kier molecular flexibility index (Phi) is 5.06. The maximum atomic E-state index is 13.3. The Hall–Kier alpha value is -2.12. The number of anilines is 1. The maximum absolute atomic E-state index is 13.3. The quantitative estimate of drug-likeness (QED) is 0.445. The van der Waals surface area contributed by atoms with Gasteiger partial charge in [0.1, 0.15) is 11.9 Å². The fourth-order valence-corrected chi connectivity index (χ4v) is 4.70. The van der Waals surface area contributed by atoms with Gasteiger partial charge in [-0.3, -0.25) is 0 Å². The van der Waals surface area contributed by atoms with E-state index in [0.29, 0.717) is 23.9 Å². The lowest BCUT2D eigenvalue weighted by molar-refractivity contribution is 0.0234. The minimum absolute atomic E-state index is 0.147. The zero-order valence-corrected chi connectivity index (χ0v) is 16.6. The van der Waals surface area contributed by atoms with Gasteiger partial charge in [-0.25, -0.2) is 14.2 Å². The van der Waals surface area contributed by atoms with Gasteiger partial charge in [-0.15, -0.1) is 11.8 Å². The average Bonchev–Trinajstić information content (AvgIpc) is 3.00. The van der Waals surface area contributed by atoms with Gasteiger partial charge >= 0.3 is 5.97 Å². The largest absolute Gasteiger partial charge is 0.455 e. The number of nitrogens with zero attached hydrogens (tertiary/aromatic N) is 2. The van der Waals surface area contributed by atoms with Gasteiger partial charge < -0.3 is 9.64 Å². The number of benzene rings is 2. The third-order valence-corrected chi connectivity index (χ3v) is 6.29. The molecule has 1 saturated heterocycles. The predicted molar refractivity (Wildman–Crippen MR) is 108 cm³/mol. The number of hydrogen-bond donors (Lipinski definition) is 0. The molecule has 1 aromatic heterocycles. The second-order valence-electron chi connectivity index (χ2n) is 6.73. The molecule has 0 bridgehead atoms. The number of fused-ring (bicyclic) bond motifs is 1. The van der Waals surface area contributed by atoms with E-state index in [0.717, 1.165) is 20.2 Å². The Morgan fingerprint density at radius 3 is 2.70 bits per heavy atom. The van der Waals surface area contributed by atoms with Crippen LogP contribution in [0.3, 0.4) is 0 Å².